The van der Waals surface area contributed by atoms with Gasteiger partial charge in [-0.3, -0.25) is 9.59 Å². The molecule has 1 aliphatic heterocycles. The molecule has 2 aromatic carbocycles. The van der Waals surface area contributed by atoms with E-state index in [1.807, 2.05) is 0 Å². The largest absolute Gasteiger partial charge is 0.496 e. The van der Waals surface area contributed by atoms with Crippen molar-refractivity contribution in [1.82, 2.24) is 10.2 Å². The number of ether oxygens (including phenoxy) is 1. The fourth-order valence-corrected chi connectivity index (χ4v) is 5.42. The molecule has 1 saturated carbocycles. The van der Waals surface area contributed by atoms with Crippen molar-refractivity contribution >= 4 is 21.7 Å². The van der Waals surface area contributed by atoms with E-state index in [-0.39, 0.29) is 34.2 Å². The maximum atomic E-state index is 14.8. The van der Waals surface area contributed by atoms with Gasteiger partial charge in [-0.15, -0.1) is 0 Å². The number of halogens is 4. The number of piperidine rings is 1. The fourth-order valence-electron chi connectivity index (χ4n) is 4.77. The van der Waals surface area contributed by atoms with Gasteiger partial charge in [0.15, 0.2) is 9.84 Å². The van der Waals surface area contributed by atoms with E-state index in [9.17, 15) is 35.6 Å². The zero-order chi connectivity index (χ0) is 27.8. The molecule has 1 saturated heterocycles. The SMILES string of the molecule is COc1ccc(S(C)(=O)=O)cc1C(=O)N1CCCC[C@@H]1C(=O)NC(c1ccc(C(F)(F)F)cc1F)C1CC1. The number of carbonyl (C=O) groups is 2. The molecule has 2 aromatic rings. The second-order valence-corrected chi connectivity index (χ2v) is 11.7. The number of carbonyl (C=O) groups excluding carboxylic acids is 2. The number of amides is 2. The smallest absolute Gasteiger partial charge is 0.416 e. The van der Waals surface area contributed by atoms with Crippen LogP contribution < -0.4 is 10.1 Å². The minimum atomic E-state index is -4.70. The Kier molecular flexibility index (Phi) is 7.74. The Labute approximate surface area is 218 Å². The van der Waals surface area contributed by atoms with Crippen molar-refractivity contribution < 1.29 is 40.3 Å². The van der Waals surface area contributed by atoms with Gasteiger partial charge < -0.3 is 15.0 Å². The standard InChI is InChI=1S/C26H28F4N2O5S/c1-37-22-11-9-17(38(2,35)36)14-19(22)25(34)32-12-4-3-5-21(32)24(33)31-23(15-6-7-15)18-10-8-16(13-20(18)27)26(28,29)30/h8-11,13-15,21,23H,3-7,12H2,1-2H3,(H,31,33)/t21-,23?/m1/s1. The van der Waals surface area contributed by atoms with E-state index < -0.39 is 51.3 Å². The summed E-state index contributed by atoms with van der Waals surface area (Å²) < 4.78 is 83.2. The highest BCUT2D eigenvalue weighted by Crippen LogP contribution is 2.43. The molecule has 1 unspecified atom stereocenters. The maximum absolute atomic E-state index is 14.8. The Hall–Kier alpha value is -3.15. The van der Waals surface area contributed by atoms with E-state index in [4.69, 9.17) is 4.74 Å². The number of nitrogens with zero attached hydrogens (tertiary/aromatic N) is 1. The first-order valence-corrected chi connectivity index (χ1v) is 14.1. The summed E-state index contributed by atoms with van der Waals surface area (Å²) in [4.78, 5) is 28.3. The van der Waals surface area contributed by atoms with Crippen LogP contribution >= 0.6 is 0 Å². The number of alkyl halides is 3. The van der Waals surface area contributed by atoms with E-state index in [0.717, 1.165) is 18.4 Å². The van der Waals surface area contributed by atoms with Crippen molar-refractivity contribution in [3.05, 3.63) is 58.9 Å². The average Bonchev–Trinajstić information content (AvgIpc) is 3.71. The lowest BCUT2D eigenvalue weighted by Crippen LogP contribution is -2.52. The predicted molar refractivity (Wildman–Crippen MR) is 130 cm³/mol. The Balaban J connectivity index is 1.61. The van der Waals surface area contributed by atoms with Gasteiger partial charge in [0.1, 0.15) is 17.6 Å². The minimum Gasteiger partial charge on any atom is -0.496 e. The van der Waals surface area contributed by atoms with E-state index in [2.05, 4.69) is 5.32 Å². The summed E-state index contributed by atoms with van der Waals surface area (Å²) in [5, 5.41) is 2.78. The van der Waals surface area contributed by atoms with Crippen LogP contribution in [0.4, 0.5) is 17.6 Å². The Morgan fingerprint density at radius 1 is 1.08 bits per heavy atom. The lowest BCUT2D eigenvalue weighted by molar-refractivity contribution is -0.137. The van der Waals surface area contributed by atoms with Crippen LogP contribution in [-0.4, -0.2) is 51.1 Å². The van der Waals surface area contributed by atoms with Gasteiger partial charge in [-0.2, -0.15) is 13.2 Å². The Bertz CT molecular complexity index is 1340. The second-order valence-electron chi connectivity index (χ2n) is 9.70. The molecule has 0 aromatic heterocycles. The molecule has 1 N–H and O–H groups in total. The molecule has 1 aliphatic carbocycles. The van der Waals surface area contributed by atoms with Gasteiger partial charge in [-0.1, -0.05) is 6.07 Å². The van der Waals surface area contributed by atoms with Crippen molar-refractivity contribution in [2.24, 2.45) is 5.92 Å². The van der Waals surface area contributed by atoms with Crippen LogP contribution in [0, 0.1) is 11.7 Å². The molecule has 2 amide bonds. The molecule has 0 radical (unpaired) electrons. The lowest BCUT2D eigenvalue weighted by atomic mass is 9.96. The molecule has 1 heterocycles. The van der Waals surface area contributed by atoms with Crippen LogP contribution in [0.2, 0.25) is 0 Å². The van der Waals surface area contributed by atoms with Crippen LogP contribution in [0.1, 0.15) is 59.6 Å². The highest BCUT2D eigenvalue weighted by atomic mass is 32.2. The summed E-state index contributed by atoms with van der Waals surface area (Å²) in [6.07, 6.45) is -0.760. The maximum Gasteiger partial charge on any atom is 0.416 e. The minimum absolute atomic E-state index is 0.0114. The number of nitrogens with one attached hydrogen (secondary N) is 1. The molecule has 206 valence electrons. The average molecular weight is 557 g/mol. The summed E-state index contributed by atoms with van der Waals surface area (Å²) in [6.45, 7) is 0.228. The number of methoxy groups -OCH3 is 1. The molecular formula is C26H28F4N2O5S. The van der Waals surface area contributed by atoms with Gasteiger partial charge in [0, 0.05) is 18.4 Å². The van der Waals surface area contributed by atoms with Crippen molar-refractivity contribution in [3.63, 3.8) is 0 Å². The van der Waals surface area contributed by atoms with E-state index in [1.54, 1.807) is 0 Å². The zero-order valence-electron chi connectivity index (χ0n) is 20.8. The molecular weight excluding hydrogens is 528 g/mol. The van der Waals surface area contributed by atoms with E-state index in [0.29, 0.717) is 38.2 Å². The van der Waals surface area contributed by atoms with Crippen LogP contribution in [0.15, 0.2) is 41.3 Å². The van der Waals surface area contributed by atoms with Gasteiger partial charge in [0.25, 0.3) is 5.91 Å². The summed E-state index contributed by atoms with van der Waals surface area (Å²) >= 11 is 0. The monoisotopic (exact) mass is 556 g/mol. The summed E-state index contributed by atoms with van der Waals surface area (Å²) in [7, 11) is -2.28. The number of rotatable bonds is 7. The van der Waals surface area contributed by atoms with Gasteiger partial charge >= 0.3 is 6.18 Å². The number of sulfone groups is 1. The van der Waals surface area contributed by atoms with Gasteiger partial charge in [0.2, 0.25) is 5.91 Å². The molecule has 7 nitrogen and oxygen atoms in total. The van der Waals surface area contributed by atoms with Gasteiger partial charge in [0.05, 0.1) is 29.2 Å². The van der Waals surface area contributed by atoms with Gasteiger partial charge in [-0.25, -0.2) is 12.8 Å². The summed E-state index contributed by atoms with van der Waals surface area (Å²) in [5.41, 5.74) is -1.17. The molecule has 2 atom stereocenters. The third kappa shape index (κ3) is 5.95. The highest BCUT2D eigenvalue weighted by Gasteiger charge is 2.40. The highest BCUT2D eigenvalue weighted by molar-refractivity contribution is 7.90. The fraction of sp³-hybridized carbons (Fsp3) is 0.462. The van der Waals surface area contributed by atoms with Crippen molar-refractivity contribution in [1.29, 1.82) is 0 Å². The molecule has 38 heavy (non-hydrogen) atoms. The molecule has 2 aliphatic rings. The van der Waals surface area contributed by atoms with E-state index >= 15 is 0 Å². The molecule has 4 rings (SSSR count). The molecule has 0 bridgehead atoms. The number of hydrogen-bond acceptors (Lipinski definition) is 5. The third-order valence-electron chi connectivity index (χ3n) is 6.95. The summed E-state index contributed by atoms with van der Waals surface area (Å²) in [6, 6.07) is 4.40. The normalized spacial score (nSPS) is 19.1. The Morgan fingerprint density at radius 2 is 1.79 bits per heavy atom. The molecule has 2 fully saturated rings. The van der Waals surface area contributed by atoms with Crippen LogP contribution in [0.3, 0.4) is 0 Å². The van der Waals surface area contributed by atoms with Gasteiger partial charge in [-0.05, 0) is 68.4 Å². The van der Waals surface area contributed by atoms with E-state index in [1.165, 1.54) is 30.2 Å². The number of likely N-dealkylation sites (tertiary alicyclic amines) is 1. The molecule has 0 spiro atoms. The first-order valence-electron chi connectivity index (χ1n) is 12.2. The first kappa shape index (κ1) is 27.9. The quantitative estimate of drug-likeness (QED) is 0.507. The van der Waals surface area contributed by atoms with Crippen molar-refractivity contribution in [3.8, 4) is 5.75 Å². The van der Waals surface area contributed by atoms with Crippen molar-refractivity contribution in [2.45, 2.75) is 55.3 Å². The number of hydrogen-bond donors (Lipinski definition) is 1. The van der Waals surface area contributed by atoms with Crippen molar-refractivity contribution in [2.75, 3.05) is 19.9 Å². The first-order chi connectivity index (χ1) is 17.8. The topological polar surface area (TPSA) is 92.8 Å². The molecule has 12 heteroatoms. The Morgan fingerprint density at radius 3 is 2.37 bits per heavy atom. The van der Waals surface area contributed by atoms with Crippen LogP contribution in [-0.2, 0) is 20.8 Å². The zero-order valence-corrected chi connectivity index (χ0v) is 21.7. The third-order valence-corrected chi connectivity index (χ3v) is 8.06. The number of benzene rings is 2. The summed E-state index contributed by atoms with van der Waals surface area (Å²) in [5.74, 6) is -2.18. The lowest BCUT2D eigenvalue weighted by Gasteiger charge is -2.36. The second kappa shape index (κ2) is 10.5. The van der Waals surface area contributed by atoms with Crippen LogP contribution in [0.25, 0.3) is 0 Å². The van der Waals surface area contributed by atoms with Crippen LogP contribution in [0.5, 0.6) is 5.75 Å². The predicted octanol–water partition coefficient (Wildman–Crippen LogP) is 4.52.